The summed E-state index contributed by atoms with van der Waals surface area (Å²) < 4.78 is 11.2. The van der Waals surface area contributed by atoms with Crippen molar-refractivity contribution in [2.45, 2.75) is 11.6 Å². The highest BCUT2D eigenvalue weighted by Crippen LogP contribution is 2.33. The maximum Gasteiger partial charge on any atom is 0.315 e. The number of fused-ring (bicyclic) bond motifs is 1. The van der Waals surface area contributed by atoms with E-state index < -0.39 is 6.10 Å². The van der Waals surface area contributed by atoms with Gasteiger partial charge < -0.3 is 24.9 Å². The van der Waals surface area contributed by atoms with Gasteiger partial charge in [0.2, 0.25) is 0 Å². The number of hydrogen-bond donors (Lipinski definition) is 3. The van der Waals surface area contributed by atoms with Gasteiger partial charge in [-0.15, -0.1) is 0 Å². The zero-order chi connectivity index (χ0) is 19.8. The lowest BCUT2D eigenvalue weighted by molar-refractivity contribution is 0.00543. The van der Waals surface area contributed by atoms with E-state index in [0.29, 0.717) is 18.8 Å². The van der Waals surface area contributed by atoms with E-state index in [1.807, 2.05) is 36.4 Å². The predicted octanol–water partition coefficient (Wildman–Crippen LogP) is 2.21. The van der Waals surface area contributed by atoms with Crippen LogP contribution in [0.1, 0.15) is 0 Å². The van der Waals surface area contributed by atoms with Gasteiger partial charge in [-0.05, 0) is 34.5 Å². The smallest absolute Gasteiger partial charge is 0.315 e. The molecule has 2 amide bonds. The minimum Gasteiger partial charge on any atom is -0.491 e. The number of β-amino-alcohol motifs (C(OH)–C–C–N with tert-alkyl or cyclic N) is 1. The van der Waals surface area contributed by atoms with E-state index in [9.17, 15) is 9.90 Å². The Bertz CT molecular complexity index is 1030. The molecule has 29 heavy (non-hydrogen) atoms. The number of aliphatic hydroxyl groups is 1. The molecule has 2 aliphatic heterocycles. The molecule has 150 valence electrons. The Morgan fingerprint density at radius 3 is 2.86 bits per heavy atom. The van der Waals surface area contributed by atoms with Crippen LogP contribution in [-0.4, -0.2) is 60.5 Å². The largest absolute Gasteiger partial charge is 0.491 e. The van der Waals surface area contributed by atoms with Crippen molar-refractivity contribution >= 4 is 16.8 Å². The second-order valence-electron chi connectivity index (χ2n) is 7.93. The molecule has 0 bridgehead atoms. The van der Waals surface area contributed by atoms with Crippen LogP contribution in [0.5, 0.6) is 5.75 Å². The molecule has 1 atom stereocenters. The fraction of sp³-hybridized carbons (Fsp3) is 0.318. The Morgan fingerprint density at radius 1 is 1.24 bits per heavy atom. The number of aliphatic hydroxyl groups excluding tert-OH is 1. The van der Waals surface area contributed by atoms with Crippen LogP contribution in [0, 0.1) is 0 Å². The fourth-order valence-electron chi connectivity index (χ4n) is 4.27. The summed E-state index contributed by atoms with van der Waals surface area (Å²) in [5.41, 5.74) is 1.86. The first-order valence-corrected chi connectivity index (χ1v) is 9.75. The molecule has 2 saturated heterocycles. The van der Waals surface area contributed by atoms with E-state index in [1.54, 1.807) is 12.5 Å². The number of nitrogens with zero attached hydrogens (tertiary/aromatic N) is 1. The molecule has 1 unspecified atom stereocenters. The van der Waals surface area contributed by atoms with E-state index in [4.69, 9.17) is 9.15 Å². The highest BCUT2D eigenvalue weighted by Gasteiger charge is 2.47. The fourth-order valence-corrected chi connectivity index (χ4v) is 4.27. The molecule has 2 fully saturated rings. The summed E-state index contributed by atoms with van der Waals surface area (Å²) >= 11 is 0. The van der Waals surface area contributed by atoms with Gasteiger partial charge >= 0.3 is 6.03 Å². The van der Waals surface area contributed by atoms with E-state index >= 15 is 0 Å². The number of amides is 2. The number of hydrogen-bond acceptors (Lipinski definition) is 5. The number of carbonyl (C=O) groups is 1. The summed E-state index contributed by atoms with van der Waals surface area (Å²) in [4.78, 5) is 13.5. The Hall–Kier alpha value is -3.03. The van der Waals surface area contributed by atoms with Crippen LogP contribution in [0.15, 0.2) is 59.4 Å². The lowest BCUT2D eigenvalue weighted by Gasteiger charge is -2.47. The van der Waals surface area contributed by atoms with Gasteiger partial charge in [0.05, 0.1) is 18.1 Å². The molecule has 2 aliphatic rings. The van der Waals surface area contributed by atoms with Crippen LogP contribution >= 0.6 is 0 Å². The van der Waals surface area contributed by atoms with Crippen molar-refractivity contribution in [2.24, 2.45) is 0 Å². The number of carbonyl (C=O) groups excluding carboxylic acids is 1. The number of nitrogens with one attached hydrogen (secondary N) is 2. The molecule has 7 heteroatoms. The first-order valence-electron chi connectivity index (χ1n) is 9.75. The van der Waals surface area contributed by atoms with Crippen molar-refractivity contribution in [1.82, 2.24) is 15.5 Å². The highest BCUT2D eigenvalue weighted by atomic mass is 16.5. The molecule has 0 saturated carbocycles. The first-order chi connectivity index (χ1) is 14.1. The molecule has 5 rings (SSSR count). The molecule has 2 aromatic carbocycles. The number of urea groups is 1. The van der Waals surface area contributed by atoms with Gasteiger partial charge in [0.25, 0.3) is 0 Å². The predicted molar refractivity (Wildman–Crippen MR) is 109 cm³/mol. The Kier molecular flexibility index (Phi) is 4.41. The third kappa shape index (κ3) is 3.54. The van der Waals surface area contributed by atoms with E-state index in [2.05, 4.69) is 21.6 Å². The first kappa shape index (κ1) is 18.0. The number of likely N-dealkylation sites (tertiary alicyclic amines) is 1. The Balaban J connectivity index is 1.23. The van der Waals surface area contributed by atoms with E-state index in [-0.39, 0.29) is 18.2 Å². The minimum atomic E-state index is -0.610. The zero-order valence-electron chi connectivity index (χ0n) is 15.9. The van der Waals surface area contributed by atoms with Crippen LogP contribution in [0.3, 0.4) is 0 Å². The van der Waals surface area contributed by atoms with Crippen LogP contribution in [0.4, 0.5) is 4.79 Å². The lowest BCUT2D eigenvalue weighted by Crippen LogP contribution is -2.69. The van der Waals surface area contributed by atoms with Crippen molar-refractivity contribution < 1.29 is 19.1 Å². The maximum absolute atomic E-state index is 11.3. The van der Waals surface area contributed by atoms with Crippen LogP contribution in [0.25, 0.3) is 21.9 Å². The monoisotopic (exact) mass is 393 g/mol. The standard InChI is InChI=1S/C22H23N3O4/c26-17(9-25-13-22(14-25)12-23-21(27)24-22)11-29-18-7-15-3-1-2-4-19(15)20(8-18)16-5-6-28-10-16/h1-8,10,17,26H,9,11-14H2,(H2,23,24,27). The molecule has 1 aromatic heterocycles. The van der Waals surface area contributed by atoms with Gasteiger partial charge in [0, 0.05) is 31.7 Å². The van der Waals surface area contributed by atoms with Gasteiger partial charge in [0.15, 0.2) is 0 Å². The van der Waals surface area contributed by atoms with Crippen molar-refractivity contribution in [3.63, 3.8) is 0 Å². The average molecular weight is 393 g/mol. The number of rotatable bonds is 6. The average Bonchev–Trinajstić information content (AvgIpc) is 3.35. The minimum absolute atomic E-state index is 0.113. The second kappa shape index (κ2) is 7.09. The number of benzene rings is 2. The molecular formula is C22H23N3O4. The number of furan rings is 1. The topological polar surface area (TPSA) is 87.0 Å². The molecule has 3 aromatic rings. The summed E-state index contributed by atoms with van der Waals surface area (Å²) in [5, 5.41) is 18.4. The van der Waals surface area contributed by atoms with Crippen LogP contribution < -0.4 is 15.4 Å². The summed E-state index contributed by atoms with van der Waals surface area (Å²) in [6.07, 6.45) is 2.77. The molecule has 3 heterocycles. The van der Waals surface area contributed by atoms with E-state index in [1.165, 1.54) is 0 Å². The molecule has 7 nitrogen and oxygen atoms in total. The third-order valence-electron chi connectivity index (χ3n) is 5.60. The molecule has 0 aliphatic carbocycles. The maximum atomic E-state index is 11.3. The van der Waals surface area contributed by atoms with Crippen molar-refractivity contribution in [2.75, 3.05) is 32.8 Å². The zero-order valence-corrected chi connectivity index (χ0v) is 15.9. The quantitative estimate of drug-likeness (QED) is 0.598. The van der Waals surface area contributed by atoms with Gasteiger partial charge in [0.1, 0.15) is 18.5 Å². The molecule has 0 radical (unpaired) electrons. The number of ether oxygens (including phenoxy) is 1. The molecule has 3 N–H and O–H groups in total. The highest BCUT2D eigenvalue weighted by molar-refractivity contribution is 5.97. The normalized spacial score (nSPS) is 19.0. The summed E-state index contributed by atoms with van der Waals surface area (Å²) in [7, 11) is 0. The summed E-state index contributed by atoms with van der Waals surface area (Å²) in [6.45, 7) is 2.84. The van der Waals surface area contributed by atoms with Crippen LogP contribution in [-0.2, 0) is 0 Å². The van der Waals surface area contributed by atoms with E-state index in [0.717, 1.165) is 35.0 Å². The van der Waals surface area contributed by atoms with Gasteiger partial charge in [-0.3, -0.25) is 4.90 Å². The molecule has 1 spiro atoms. The Morgan fingerprint density at radius 2 is 2.10 bits per heavy atom. The van der Waals surface area contributed by atoms with Gasteiger partial charge in [-0.2, -0.15) is 0 Å². The van der Waals surface area contributed by atoms with Crippen molar-refractivity contribution in [3.05, 3.63) is 55.0 Å². The third-order valence-corrected chi connectivity index (χ3v) is 5.60. The van der Waals surface area contributed by atoms with Gasteiger partial charge in [-0.25, -0.2) is 4.79 Å². The summed E-state index contributed by atoms with van der Waals surface area (Å²) in [6, 6.07) is 13.9. The molecular weight excluding hydrogens is 370 g/mol. The summed E-state index contributed by atoms with van der Waals surface area (Å²) in [5.74, 6) is 0.714. The van der Waals surface area contributed by atoms with Crippen LogP contribution in [0.2, 0.25) is 0 Å². The van der Waals surface area contributed by atoms with Crippen molar-refractivity contribution in [1.29, 1.82) is 0 Å². The lowest BCUT2D eigenvalue weighted by atomic mass is 9.91. The van der Waals surface area contributed by atoms with Gasteiger partial charge in [-0.1, -0.05) is 24.3 Å². The SMILES string of the molecule is O=C1NCC2(CN(CC(O)COc3cc(-c4ccoc4)c4ccccc4c3)C2)N1. The Labute approximate surface area is 168 Å². The second-order valence-corrected chi connectivity index (χ2v) is 7.93. The van der Waals surface area contributed by atoms with Crippen molar-refractivity contribution in [3.8, 4) is 16.9 Å².